The Hall–Kier alpha value is -4.88. The lowest BCUT2D eigenvalue weighted by molar-refractivity contribution is -0.163. The molecule has 0 spiro atoms. The van der Waals surface area contributed by atoms with Crippen LogP contribution in [0, 0.1) is 11.3 Å². The molecular weight excluding hydrogens is 671 g/mol. The molecule has 0 fully saturated rings. The predicted octanol–water partition coefficient (Wildman–Crippen LogP) is 9.53. The van der Waals surface area contributed by atoms with Gasteiger partial charge in [0.15, 0.2) is 5.13 Å². The minimum Gasteiger partial charge on any atom is -0.348 e. The summed E-state index contributed by atoms with van der Waals surface area (Å²) in [5.41, 5.74) is 1.54. The first-order valence-corrected chi connectivity index (χ1v) is 19.5. The fourth-order valence-corrected chi connectivity index (χ4v) is 7.37. The molecule has 0 atom stereocenters. The Bertz CT molecular complexity index is 1780. The lowest BCUT2D eigenvalue weighted by atomic mass is 9.95. The molecule has 0 unspecified atom stereocenters. The fourth-order valence-electron chi connectivity index (χ4n) is 6.29. The topological polar surface area (TPSA) is 115 Å². The number of benzene rings is 2. The van der Waals surface area contributed by atoms with Crippen molar-refractivity contribution in [1.82, 2.24) is 15.0 Å². The van der Waals surface area contributed by atoms with Gasteiger partial charge in [-0.1, -0.05) is 138 Å². The van der Waals surface area contributed by atoms with E-state index in [-0.39, 0.29) is 22.3 Å². The Morgan fingerprint density at radius 1 is 0.808 bits per heavy atom. The standard InChI is InChI=1S/C42H51N5O4S/c1-5-7-9-11-13-21-27-45(28-22-14-12-10-8-6-2)42-44-38(33-23-17-15-18-24-33)37(52-42)29-35-31(3)36(30-43)41(51)47(40(35)50)46(32(4)48)39(49)34-25-19-16-20-26-34/h15-20,23-26,29H,5-14,21-22,27-28H2,1-4H3/b35-29-. The molecule has 0 bridgehead atoms. The Kier molecular flexibility index (Phi) is 15.5. The van der Waals surface area contributed by atoms with Gasteiger partial charge in [0.25, 0.3) is 17.7 Å². The third kappa shape index (κ3) is 10.1. The summed E-state index contributed by atoms with van der Waals surface area (Å²) in [6.45, 7) is 8.83. The molecule has 10 heteroatoms. The van der Waals surface area contributed by atoms with E-state index in [1.54, 1.807) is 31.2 Å². The first kappa shape index (κ1) is 39.9. The number of nitrogens with zero attached hydrogens (tertiary/aromatic N) is 5. The van der Waals surface area contributed by atoms with E-state index >= 15 is 0 Å². The Morgan fingerprint density at radius 3 is 1.88 bits per heavy atom. The van der Waals surface area contributed by atoms with Crippen molar-refractivity contribution in [1.29, 1.82) is 5.26 Å². The second-order valence-electron chi connectivity index (χ2n) is 13.2. The third-order valence-electron chi connectivity index (χ3n) is 9.23. The van der Waals surface area contributed by atoms with E-state index in [2.05, 4.69) is 18.7 Å². The van der Waals surface area contributed by atoms with Gasteiger partial charge in [-0.2, -0.15) is 15.3 Å². The summed E-state index contributed by atoms with van der Waals surface area (Å²) in [5.74, 6) is -3.59. The number of thiazole rings is 1. The smallest absolute Gasteiger partial charge is 0.291 e. The van der Waals surface area contributed by atoms with Gasteiger partial charge in [0.2, 0.25) is 5.91 Å². The van der Waals surface area contributed by atoms with Crippen LogP contribution < -0.4 is 4.90 Å². The highest BCUT2D eigenvalue weighted by Gasteiger charge is 2.43. The number of anilines is 1. The summed E-state index contributed by atoms with van der Waals surface area (Å²) in [6.07, 6.45) is 15.9. The predicted molar refractivity (Wildman–Crippen MR) is 208 cm³/mol. The molecule has 2 heterocycles. The number of aromatic nitrogens is 1. The van der Waals surface area contributed by atoms with E-state index in [0.29, 0.717) is 20.6 Å². The van der Waals surface area contributed by atoms with Crippen LogP contribution in [-0.4, -0.2) is 51.7 Å². The molecule has 1 aliphatic heterocycles. The monoisotopic (exact) mass is 721 g/mol. The minimum absolute atomic E-state index is 0.0361. The maximum atomic E-state index is 14.3. The average molecular weight is 722 g/mol. The molecule has 0 saturated heterocycles. The van der Waals surface area contributed by atoms with Crippen molar-refractivity contribution in [3.63, 3.8) is 0 Å². The summed E-state index contributed by atoms with van der Waals surface area (Å²) < 4.78 is 0. The summed E-state index contributed by atoms with van der Waals surface area (Å²) in [7, 11) is 0. The summed E-state index contributed by atoms with van der Waals surface area (Å²) in [4.78, 5) is 62.7. The van der Waals surface area contributed by atoms with Gasteiger partial charge in [-0.25, -0.2) is 4.98 Å². The van der Waals surface area contributed by atoms with Gasteiger partial charge in [0.1, 0.15) is 11.6 Å². The SMILES string of the molecule is CCCCCCCCN(CCCCCCCC)c1nc(-c2ccccc2)c(/C=C2\C(=O)N(N(C(C)=O)C(=O)c3ccccc3)C(=O)C(C#N)=C2C)s1. The van der Waals surface area contributed by atoms with Gasteiger partial charge in [-0.3, -0.25) is 19.2 Å². The third-order valence-corrected chi connectivity index (χ3v) is 10.3. The van der Waals surface area contributed by atoms with E-state index in [9.17, 15) is 24.4 Å². The van der Waals surface area contributed by atoms with Crippen LogP contribution in [0.1, 0.15) is 120 Å². The van der Waals surface area contributed by atoms with Gasteiger partial charge >= 0.3 is 0 Å². The quantitative estimate of drug-likeness (QED) is 0.0688. The van der Waals surface area contributed by atoms with Crippen LogP contribution in [0.3, 0.4) is 0 Å². The number of nitriles is 1. The molecule has 0 saturated carbocycles. The molecule has 274 valence electrons. The van der Waals surface area contributed by atoms with Crippen LogP contribution in [0.5, 0.6) is 0 Å². The average Bonchev–Trinajstić information content (AvgIpc) is 3.58. The van der Waals surface area contributed by atoms with Gasteiger partial charge in [0, 0.05) is 36.7 Å². The van der Waals surface area contributed by atoms with Crippen molar-refractivity contribution < 1.29 is 19.2 Å². The van der Waals surface area contributed by atoms with Crippen molar-refractivity contribution in [2.75, 3.05) is 18.0 Å². The second-order valence-corrected chi connectivity index (χ2v) is 14.2. The lowest BCUT2D eigenvalue weighted by Crippen LogP contribution is -2.57. The molecule has 1 aliphatic rings. The molecule has 3 aromatic rings. The summed E-state index contributed by atoms with van der Waals surface area (Å²) >= 11 is 1.46. The number of hydrogen-bond acceptors (Lipinski definition) is 8. The fraction of sp³-hybridized carbons (Fsp3) is 0.429. The van der Waals surface area contributed by atoms with Crippen LogP contribution in [0.15, 0.2) is 77.4 Å². The van der Waals surface area contributed by atoms with Crippen LogP contribution in [0.2, 0.25) is 0 Å². The number of amides is 4. The van der Waals surface area contributed by atoms with Gasteiger partial charge in [-0.15, -0.1) is 0 Å². The Labute approximate surface area is 312 Å². The minimum atomic E-state index is -1.03. The number of imide groups is 2. The highest BCUT2D eigenvalue weighted by Crippen LogP contribution is 2.38. The van der Waals surface area contributed by atoms with Crippen molar-refractivity contribution in [2.24, 2.45) is 0 Å². The largest absolute Gasteiger partial charge is 0.348 e. The summed E-state index contributed by atoms with van der Waals surface area (Å²) in [5, 5.41) is 12.0. The second kappa shape index (κ2) is 20.2. The molecule has 0 radical (unpaired) electrons. The molecule has 4 amide bonds. The first-order chi connectivity index (χ1) is 25.2. The highest BCUT2D eigenvalue weighted by molar-refractivity contribution is 7.17. The van der Waals surface area contributed by atoms with E-state index in [4.69, 9.17) is 4.98 Å². The molecule has 52 heavy (non-hydrogen) atoms. The molecule has 9 nitrogen and oxygen atoms in total. The van der Waals surface area contributed by atoms with E-state index < -0.39 is 23.6 Å². The molecule has 2 aromatic carbocycles. The maximum absolute atomic E-state index is 14.3. The number of rotatable bonds is 19. The van der Waals surface area contributed by atoms with Crippen molar-refractivity contribution >= 4 is 46.2 Å². The van der Waals surface area contributed by atoms with Crippen molar-refractivity contribution in [3.05, 3.63) is 87.8 Å². The first-order valence-electron chi connectivity index (χ1n) is 18.7. The van der Waals surface area contributed by atoms with E-state index in [1.807, 2.05) is 36.4 Å². The number of carbonyl (C=O) groups excluding carboxylic acids is 4. The zero-order valence-corrected chi connectivity index (χ0v) is 31.8. The van der Waals surface area contributed by atoms with E-state index in [1.165, 1.54) is 74.8 Å². The molecule has 0 N–H and O–H groups in total. The maximum Gasteiger partial charge on any atom is 0.291 e. The number of hydrogen-bond donors (Lipinski definition) is 0. The van der Waals surface area contributed by atoms with Crippen LogP contribution in [0.4, 0.5) is 5.13 Å². The van der Waals surface area contributed by atoms with Crippen LogP contribution in [0.25, 0.3) is 17.3 Å². The summed E-state index contributed by atoms with van der Waals surface area (Å²) in [6, 6.07) is 19.6. The van der Waals surface area contributed by atoms with Crippen LogP contribution >= 0.6 is 11.3 Å². The zero-order valence-electron chi connectivity index (χ0n) is 31.0. The number of unbranched alkanes of at least 4 members (excludes halogenated alkanes) is 10. The van der Waals surface area contributed by atoms with Gasteiger partial charge < -0.3 is 4.90 Å². The van der Waals surface area contributed by atoms with Crippen LogP contribution in [-0.2, 0) is 14.4 Å². The highest BCUT2D eigenvalue weighted by atomic mass is 32.1. The Balaban J connectivity index is 1.77. The molecule has 0 aliphatic carbocycles. The van der Waals surface area contributed by atoms with Crippen molar-refractivity contribution in [3.8, 4) is 17.3 Å². The number of hydrazine groups is 1. The van der Waals surface area contributed by atoms with E-state index in [0.717, 1.165) is 56.4 Å². The Morgan fingerprint density at radius 2 is 1.35 bits per heavy atom. The van der Waals surface area contributed by atoms with Gasteiger partial charge in [0.05, 0.1) is 10.6 Å². The molecule has 4 rings (SSSR count). The van der Waals surface area contributed by atoms with Gasteiger partial charge in [-0.05, 0) is 43.5 Å². The molecule has 1 aromatic heterocycles. The normalized spacial score (nSPS) is 13.8. The molecular formula is C42H51N5O4S. The lowest BCUT2D eigenvalue weighted by Gasteiger charge is -2.34. The van der Waals surface area contributed by atoms with Crippen molar-refractivity contribution in [2.45, 2.75) is 105 Å². The zero-order chi connectivity index (χ0) is 37.5. The number of carbonyl (C=O) groups is 4.